The number of nitrogens with one attached hydrogen (secondary N) is 1. The van der Waals surface area contributed by atoms with Crippen LogP contribution in [-0.4, -0.2) is 11.5 Å². The molecule has 0 aromatic heterocycles. The van der Waals surface area contributed by atoms with Crippen LogP contribution in [0.15, 0.2) is 18.2 Å². The standard InChI is InChI=1S/C11H15FN2O2/c1-8(2)6-13-7-9-3-10(12)5-11(4-9)14(15)16/h3-5,8,13H,6-7H2,1-2H3. The zero-order chi connectivity index (χ0) is 12.1. The van der Waals surface area contributed by atoms with Crippen LogP contribution < -0.4 is 5.32 Å². The highest BCUT2D eigenvalue weighted by Crippen LogP contribution is 2.16. The van der Waals surface area contributed by atoms with Gasteiger partial charge in [0.05, 0.1) is 11.0 Å². The molecule has 4 nitrogen and oxygen atoms in total. The van der Waals surface area contributed by atoms with E-state index < -0.39 is 10.7 Å². The lowest BCUT2D eigenvalue weighted by atomic mass is 10.1. The second-order valence-electron chi connectivity index (χ2n) is 4.10. The Balaban J connectivity index is 2.69. The van der Waals surface area contributed by atoms with Crippen molar-refractivity contribution in [2.75, 3.05) is 6.54 Å². The topological polar surface area (TPSA) is 55.2 Å². The summed E-state index contributed by atoms with van der Waals surface area (Å²) in [6.07, 6.45) is 0. The Kier molecular flexibility index (Phi) is 4.37. The SMILES string of the molecule is CC(C)CNCc1cc(F)cc([N+](=O)[O-])c1. The first-order valence-electron chi connectivity index (χ1n) is 5.13. The van der Waals surface area contributed by atoms with Gasteiger partial charge in [-0.2, -0.15) is 0 Å². The first-order valence-corrected chi connectivity index (χ1v) is 5.13. The van der Waals surface area contributed by atoms with Crippen LogP contribution in [-0.2, 0) is 6.54 Å². The highest BCUT2D eigenvalue weighted by molar-refractivity contribution is 5.35. The molecule has 0 unspecified atom stereocenters. The molecule has 0 saturated heterocycles. The first-order chi connectivity index (χ1) is 7.49. The molecule has 0 bridgehead atoms. The number of nitro groups is 1. The van der Waals surface area contributed by atoms with Crippen molar-refractivity contribution in [2.24, 2.45) is 5.92 Å². The minimum absolute atomic E-state index is 0.207. The fourth-order valence-electron chi connectivity index (χ4n) is 1.35. The maximum Gasteiger partial charge on any atom is 0.272 e. The van der Waals surface area contributed by atoms with E-state index in [9.17, 15) is 14.5 Å². The van der Waals surface area contributed by atoms with Crippen LogP contribution in [0.25, 0.3) is 0 Å². The number of halogens is 1. The molecule has 0 saturated carbocycles. The van der Waals surface area contributed by atoms with Gasteiger partial charge in [-0.05, 0) is 24.1 Å². The van der Waals surface area contributed by atoms with E-state index in [0.29, 0.717) is 18.0 Å². The van der Waals surface area contributed by atoms with Crippen molar-refractivity contribution >= 4 is 5.69 Å². The van der Waals surface area contributed by atoms with E-state index in [1.165, 1.54) is 12.1 Å². The maximum atomic E-state index is 13.0. The van der Waals surface area contributed by atoms with Gasteiger partial charge in [-0.1, -0.05) is 13.8 Å². The average molecular weight is 226 g/mol. The van der Waals surface area contributed by atoms with Gasteiger partial charge in [0.1, 0.15) is 5.82 Å². The molecule has 1 aromatic carbocycles. The Bertz CT molecular complexity index is 380. The van der Waals surface area contributed by atoms with Crippen LogP contribution in [0.5, 0.6) is 0 Å². The van der Waals surface area contributed by atoms with E-state index in [1.807, 2.05) is 0 Å². The molecule has 1 rings (SSSR count). The molecule has 1 N–H and O–H groups in total. The van der Waals surface area contributed by atoms with Crippen LogP contribution >= 0.6 is 0 Å². The van der Waals surface area contributed by atoms with Crippen LogP contribution in [0.1, 0.15) is 19.4 Å². The fraction of sp³-hybridized carbons (Fsp3) is 0.455. The van der Waals surface area contributed by atoms with Gasteiger partial charge in [0.25, 0.3) is 5.69 Å². The van der Waals surface area contributed by atoms with Crippen molar-refractivity contribution in [1.82, 2.24) is 5.32 Å². The van der Waals surface area contributed by atoms with E-state index >= 15 is 0 Å². The molecule has 16 heavy (non-hydrogen) atoms. The van der Waals surface area contributed by atoms with Crippen molar-refractivity contribution in [3.05, 3.63) is 39.7 Å². The van der Waals surface area contributed by atoms with Gasteiger partial charge in [-0.15, -0.1) is 0 Å². The Morgan fingerprint density at radius 2 is 2.12 bits per heavy atom. The van der Waals surface area contributed by atoms with Crippen LogP contribution in [0.4, 0.5) is 10.1 Å². The van der Waals surface area contributed by atoms with E-state index in [2.05, 4.69) is 19.2 Å². The lowest BCUT2D eigenvalue weighted by Gasteiger charge is -2.07. The quantitative estimate of drug-likeness (QED) is 0.619. The smallest absolute Gasteiger partial charge is 0.272 e. The van der Waals surface area contributed by atoms with E-state index in [-0.39, 0.29) is 5.69 Å². The number of non-ortho nitro benzene ring substituents is 1. The molecular formula is C11H15FN2O2. The Morgan fingerprint density at radius 3 is 2.69 bits per heavy atom. The molecule has 88 valence electrons. The lowest BCUT2D eigenvalue weighted by Crippen LogP contribution is -2.19. The predicted molar refractivity (Wildman–Crippen MR) is 59.6 cm³/mol. The lowest BCUT2D eigenvalue weighted by molar-refractivity contribution is -0.385. The second-order valence-corrected chi connectivity index (χ2v) is 4.10. The summed E-state index contributed by atoms with van der Waals surface area (Å²) in [5.74, 6) is -0.0842. The molecule has 0 heterocycles. The Hall–Kier alpha value is -1.49. The third-order valence-electron chi connectivity index (χ3n) is 2.03. The summed E-state index contributed by atoms with van der Waals surface area (Å²) in [7, 11) is 0. The number of nitrogens with zero attached hydrogens (tertiary/aromatic N) is 1. The first kappa shape index (κ1) is 12.6. The zero-order valence-electron chi connectivity index (χ0n) is 9.37. The monoisotopic (exact) mass is 226 g/mol. The zero-order valence-corrected chi connectivity index (χ0v) is 9.37. The third kappa shape index (κ3) is 3.94. The Labute approximate surface area is 93.6 Å². The molecule has 0 amide bonds. The van der Waals surface area contributed by atoms with Crippen LogP contribution in [0.3, 0.4) is 0 Å². The van der Waals surface area contributed by atoms with Crippen LogP contribution in [0, 0.1) is 21.8 Å². The number of benzene rings is 1. The van der Waals surface area contributed by atoms with Crippen molar-refractivity contribution in [2.45, 2.75) is 20.4 Å². The third-order valence-corrected chi connectivity index (χ3v) is 2.03. The average Bonchev–Trinajstić information content (AvgIpc) is 2.16. The van der Waals surface area contributed by atoms with Gasteiger partial charge in [0.2, 0.25) is 0 Å². The maximum absolute atomic E-state index is 13.0. The summed E-state index contributed by atoms with van der Waals surface area (Å²) in [6, 6.07) is 3.61. The summed E-state index contributed by atoms with van der Waals surface area (Å²) in [5, 5.41) is 13.6. The number of rotatable bonds is 5. The second kappa shape index (κ2) is 5.55. The highest BCUT2D eigenvalue weighted by Gasteiger charge is 2.09. The van der Waals surface area contributed by atoms with Crippen molar-refractivity contribution < 1.29 is 9.31 Å². The number of hydrogen-bond acceptors (Lipinski definition) is 3. The largest absolute Gasteiger partial charge is 0.312 e. The van der Waals surface area contributed by atoms with Crippen molar-refractivity contribution in [3.8, 4) is 0 Å². The highest BCUT2D eigenvalue weighted by atomic mass is 19.1. The minimum atomic E-state index is -0.588. The molecule has 0 fully saturated rings. The number of hydrogen-bond donors (Lipinski definition) is 1. The van der Waals surface area contributed by atoms with Crippen molar-refractivity contribution in [3.63, 3.8) is 0 Å². The molecule has 0 spiro atoms. The molecule has 0 aliphatic rings. The van der Waals surface area contributed by atoms with Gasteiger partial charge < -0.3 is 5.32 Å². The number of nitro benzene ring substituents is 1. The Morgan fingerprint density at radius 1 is 1.44 bits per heavy atom. The van der Waals surface area contributed by atoms with E-state index in [4.69, 9.17) is 0 Å². The van der Waals surface area contributed by atoms with Gasteiger partial charge in [-0.3, -0.25) is 10.1 Å². The van der Waals surface area contributed by atoms with Crippen LogP contribution in [0.2, 0.25) is 0 Å². The summed E-state index contributed by atoms with van der Waals surface area (Å²) in [4.78, 5) is 9.92. The van der Waals surface area contributed by atoms with Gasteiger partial charge >= 0.3 is 0 Å². The fourth-order valence-corrected chi connectivity index (χ4v) is 1.35. The summed E-state index contributed by atoms with van der Waals surface area (Å²) in [5.41, 5.74) is 0.383. The van der Waals surface area contributed by atoms with Gasteiger partial charge in [-0.25, -0.2) is 4.39 Å². The normalized spacial score (nSPS) is 10.8. The summed E-state index contributed by atoms with van der Waals surface area (Å²) < 4.78 is 13.0. The molecule has 5 heteroatoms. The van der Waals surface area contributed by atoms with Gasteiger partial charge in [0, 0.05) is 12.6 Å². The van der Waals surface area contributed by atoms with Gasteiger partial charge in [0.15, 0.2) is 0 Å². The summed E-state index contributed by atoms with van der Waals surface area (Å²) in [6.45, 7) is 5.35. The molecule has 0 aliphatic carbocycles. The predicted octanol–water partition coefficient (Wildman–Crippen LogP) is 2.48. The van der Waals surface area contributed by atoms with Crippen molar-refractivity contribution in [1.29, 1.82) is 0 Å². The molecule has 0 atom stereocenters. The molecule has 1 aromatic rings. The van der Waals surface area contributed by atoms with E-state index in [0.717, 1.165) is 12.6 Å². The molecular weight excluding hydrogens is 211 g/mol. The summed E-state index contributed by atoms with van der Waals surface area (Å²) >= 11 is 0. The molecule has 0 radical (unpaired) electrons. The molecule has 0 aliphatic heterocycles. The minimum Gasteiger partial charge on any atom is -0.312 e. The van der Waals surface area contributed by atoms with E-state index in [1.54, 1.807) is 0 Å².